The Kier molecular flexibility index (Phi) is 18.2. The summed E-state index contributed by atoms with van der Waals surface area (Å²) < 4.78 is 47.0. The van der Waals surface area contributed by atoms with Crippen LogP contribution in [0.3, 0.4) is 0 Å². The fourth-order valence-electron chi connectivity index (χ4n) is 6.46. The average molecular weight is 874 g/mol. The van der Waals surface area contributed by atoms with Gasteiger partial charge in [-0.15, -0.1) is 0 Å². The quantitative estimate of drug-likeness (QED) is 0.0675. The Morgan fingerprint density at radius 2 is 1.54 bits per heavy atom. The number of nitrogens with zero attached hydrogens (tertiary/aromatic N) is 1. The number of rotatable bonds is 22. The largest absolute Gasteiger partial charge is 0.487 e. The zero-order chi connectivity index (χ0) is 40.6. The van der Waals surface area contributed by atoms with Gasteiger partial charge < -0.3 is 24.1 Å². The molecule has 3 aromatic rings. The van der Waals surface area contributed by atoms with Crippen LogP contribution in [0.2, 0.25) is 18.1 Å². The van der Waals surface area contributed by atoms with Crippen LogP contribution >= 0.6 is 15.9 Å². The topological polar surface area (TPSA) is 118 Å². The standard InChI is InChI=1S/C43H65BrN4O6SSi/c1-43(2,3)56(5,6)54-41(35-23-24-40(39(31-35)47-55(4,50)51)52-33-34-19-13-12-14-20-34)32-45-27-17-10-8-7-9-11-18-28-48-29-25-36(26-30-48)53-42(49)46-38-22-16-15-21-37(38)44/h12-16,19-24,31,36,41,45,47H,7-11,17-18,25-30,32-33H2,1-6H3,(H,46,49)/t41-/m1/s1. The fourth-order valence-corrected chi connectivity index (χ4v) is 8.68. The maximum atomic E-state index is 12.4. The molecule has 1 atom stereocenters. The van der Waals surface area contributed by atoms with E-state index in [-0.39, 0.29) is 17.2 Å². The van der Waals surface area contributed by atoms with Gasteiger partial charge in [0.05, 0.1) is 23.7 Å². The third kappa shape index (κ3) is 16.1. The molecule has 310 valence electrons. The number of amides is 1. The fraction of sp³-hybridized carbons (Fsp3) is 0.558. The number of halogens is 1. The van der Waals surface area contributed by atoms with Crippen LogP contribution in [0.4, 0.5) is 16.2 Å². The molecule has 1 heterocycles. The molecular weight excluding hydrogens is 809 g/mol. The van der Waals surface area contributed by atoms with Crippen molar-refractivity contribution in [2.45, 2.75) is 116 Å². The van der Waals surface area contributed by atoms with Crippen molar-refractivity contribution in [3.05, 3.63) is 88.4 Å². The summed E-state index contributed by atoms with van der Waals surface area (Å²) in [6.07, 6.45) is 10.7. The van der Waals surface area contributed by atoms with E-state index in [0.717, 1.165) is 73.0 Å². The number of hydrogen-bond acceptors (Lipinski definition) is 8. The SMILES string of the molecule is CC(C)(C)[Si](C)(C)O[C@H](CNCCCCCCCCCN1CCC(OC(=O)Nc2ccccc2Br)CC1)c1ccc(OCc2ccccc2)c(NS(C)(=O)=O)c1. The molecule has 1 aliphatic rings. The van der Waals surface area contributed by atoms with Gasteiger partial charge in [0.2, 0.25) is 10.0 Å². The number of carbonyl (C=O) groups is 1. The van der Waals surface area contributed by atoms with E-state index in [1.807, 2.05) is 72.8 Å². The maximum Gasteiger partial charge on any atom is 0.411 e. The molecule has 0 aromatic heterocycles. The highest BCUT2D eigenvalue weighted by Crippen LogP contribution is 2.40. The number of para-hydroxylation sites is 1. The molecule has 56 heavy (non-hydrogen) atoms. The number of sulfonamides is 1. The van der Waals surface area contributed by atoms with Crippen LogP contribution in [-0.2, 0) is 25.8 Å². The number of unbranched alkanes of at least 4 members (excludes halogenated alkanes) is 6. The summed E-state index contributed by atoms with van der Waals surface area (Å²) in [5, 5.41) is 6.50. The molecule has 0 bridgehead atoms. The molecule has 3 aromatic carbocycles. The number of hydrogen-bond donors (Lipinski definition) is 3. The van der Waals surface area contributed by atoms with Crippen LogP contribution in [-0.4, -0.2) is 72.8 Å². The van der Waals surface area contributed by atoms with Crippen molar-refractivity contribution < 1.29 is 27.1 Å². The van der Waals surface area contributed by atoms with Crippen LogP contribution < -0.4 is 20.1 Å². The highest BCUT2D eigenvalue weighted by Gasteiger charge is 2.39. The van der Waals surface area contributed by atoms with Gasteiger partial charge in [0.15, 0.2) is 8.32 Å². The van der Waals surface area contributed by atoms with Crippen LogP contribution in [0.15, 0.2) is 77.3 Å². The van der Waals surface area contributed by atoms with E-state index in [9.17, 15) is 13.2 Å². The first-order valence-corrected chi connectivity index (χ1v) is 25.8. The van der Waals surface area contributed by atoms with Gasteiger partial charge in [-0.25, -0.2) is 13.2 Å². The van der Waals surface area contributed by atoms with Gasteiger partial charge >= 0.3 is 6.09 Å². The highest BCUT2D eigenvalue weighted by atomic mass is 79.9. The average Bonchev–Trinajstić information content (AvgIpc) is 3.13. The van der Waals surface area contributed by atoms with E-state index in [1.165, 1.54) is 38.5 Å². The highest BCUT2D eigenvalue weighted by molar-refractivity contribution is 9.10. The van der Waals surface area contributed by atoms with E-state index >= 15 is 0 Å². The molecule has 1 amide bonds. The second-order valence-corrected chi connectivity index (χ2v) is 23.9. The summed E-state index contributed by atoms with van der Waals surface area (Å²) >= 11 is 3.45. The van der Waals surface area contributed by atoms with Gasteiger partial charge in [-0.3, -0.25) is 10.0 Å². The Hall–Kier alpha value is -2.94. The summed E-state index contributed by atoms with van der Waals surface area (Å²) in [7, 11) is -5.69. The number of anilines is 2. The van der Waals surface area contributed by atoms with Crippen molar-refractivity contribution in [2.75, 3.05) is 49.0 Å². The number of benzene rings is 3. The van der Waals surface area contributed by atoms with E-state index in [4.69, 9.17) is 13.9 Å². The molecule has 1 fully saturated rings. The molecule has 4 rings (SSSR count). The van der Waals surface area contributed by atoms with E-state index in [0.29, 0.717) is 24.6 Å². The van der Waals surface area contributed by atoms with Gasteiger partial charge in [-0.2, -0.15) is 0 Å². The zero-order valence-electron chi connectivity index (χ0n) is 34.4. The van der Waals surface area contributed by atoms with Gasteiger partial charge in [-0.05, 0) is 108 Å². The lowest BCUT2D eigenvalue weighted by atomic mass is 10.1. The third-order valence-corrected chi connectivity index (χ3v) is 16.5. The van der Waals surface area contributed by atoms with E-state index < -0.39 is 24.4 Å². The smallest absolute Gasteiger partial charge is 0.411 e. The second-order valence-electron chi connectivity index (χ2n) is 16.5. The Morgan fingerprint density at radius 1 is 0.893 bits per heavy atom. The molecule has 1 saturated heterocycles. The lowest BCUT2D eigenvalue weighted by Gasteiger charge is -2.39. The lowest BCUT2D eigenvalue weighted by Crippen LogP contribution is -2.43. The van der Waals surface area contributed by atoms with Crippen molar-refractivity contribution in [3.63, 3.8) is 0 Å². The lowest BCUT2D eigenvalue weighted by molar-refractivity contribution is 0.0584. The molecule has 0 radical (unpaired) electrons. The molecule has 0 saturated carbocycles. The van der Waals surface area contributed by atoms with Crippen LogP contribution in [0.1, 0.15) is 95.8 Å². The monoisotopic (exact) mass is 872 g/mol. The minimum atomic E-state index is -3.54. The van der Waals surface area contributed by atoms with Crippen LogP contribution in [0.5, 0.6) is 5.75 Å². The Balaban J connectivity index is 1.15. The maximum absolute atomic E-state index is 12.4. The summed E-state index contributed by atoms with van der Waals surface area (Å²) in [5.41, 5.74) is 3.05. The Morgan fingerprint density at radius 3 is 2.20 bits per heavy atom. The first-order valence-electron chi connectivity index (χ1n) is 20.2. The van der Waals surface area contributed by atoms with Crippen LogP contribution in [0.25, 0.3) is 0 Å². The molecule has 3 N–H and O–H groups in total. The molecule has 13 heteroatoms. The van der Waals surface area contributed by atoms with Crippen molar-refractivity contribution in [1.29, 1.82) is 0 Å². The number of ether oxygens (including phenoxy) is 2. The van der Waals surface area contributed by atoms with Gasteiger partial charge in [0.25, 0.3) is 0 Å². The first kappa shape index (κ1) is 45.8. The van der Waals surface area contributed by atoms with Crippen LogP contribution in [0, 0.1) is 0 Å². The predicted octanol–water partition coefficient (Wildman–Crippen LogP) is 10.5. The number of piperidine rings is 1. The van der Waals surface area contributed by atoms with Crippen molar-refractivity contribution in [1.82, 2.24) is 10.2 Å². The number of carbonyl (C=O) groups excluding carboxylic acids is 1. The number of likely N-dealkylation sites (tertiary alicyclic amines) is 1. The molecule has 10 nitrogen and oxygen atoms in total. The molecule has 0 unspecified atom stereocenters. The van der Waals surface area contributed by atoms with Crippen molar-refractivity contribution in [3.8, 4) is 5.75 Å². The zero-order valence-corrected chi connectivity index (χ0v) is 37.8. The summed E-state index contributed by atoms with van der Waals surface area (Å²) in [6.45, 7) is 16.1. The summed E-state index contributed by atoms with van der Waals surface area (Å²) in [6, 6.07) is 23.1. The number of nitrogens with one attached hydrogen (secondary N) is 3. The van der Waals surface area contributed by atoms with Crippen molar-refractivity contribution in [2.24, 2.45) is 0 Å². The molecular formula is C43H65BrN4O6SSi. The van der Waals surface area contributed by atoms with E-state index in [1.54, 1.807) is 0 Å². The van der Waals surface area contributed by atoms with Gasteiger partial charge in [0, 0.05) is 24.1 Å². The van der Waals surface area contributed by atoms with E-state index in [2.05, 4.69) is 70.1 Å². The minimum absolute atomic E-state index is 0.0179. The molecule has 1 aliphatic heterocycles. The minimum Gasteiger partial charge on any atom is -0.487 e. The van der Waals surface area contributed by atoms with Gasteiger partial charge in [-0.1, -0.05) is 101 Å². The third-order valence-electron chi connectivity index (χ3n) is 10.7. The Bertz CT molecular complexity index is 1750. The van der Waals surface area contributed by atoms with Gasteiger partial charge in [0.1, 0.15) is 18.5 Å². The molecule has 0 spiro atoms. The Labute approximate surface area is 346 Å². The first-order chi connectivity index (χ1) is 26.6. The second kappa shape index (κ2) is 22.3. The van der Waals surface area contributed by atoms with Crippen molar-refractivity contribution >= 4 is 51.7 Å². The normalized spacial score (nSPS) is 15.0. The summed E-state index contributed by atoms with van der Waals surface area (Å²) in [4.78, 5) is 14.8. The predicted molar refractivity (Wildman–Crippen MR) is 236 cm³/mol. The summed E-state index contributed by atoms with van der Waals surface area (Å²) in [5.74, 6) is 0.480. The molecule has 0 aliphatic carbocycles.